The molecule has 3 nitrogen and oxygen atoms in total. The molecule has 1 atom stereocenters. The number of para-hydroxylation sites is 1. The van der Waals surface area contributed by atoms with Gasteiger partial charge >= 0.3 is 0 Å². The van der Waals surface area contributed by atoms with Gasteiger partial charge in [-0.2, -0.15) is 0 Å². The smallest absolute Gasteiger partial charge is 0.261 e. The number of hydrogen-bond donors (Lipinski definition) is 2. The van der Waals surface area contributed by atoms with Crippen LogP contribution in [-0.4, -0.2) is 11.0 Å². The zero-order valence-electron chi connectivity index (χ0n) is 13.5. The lowest BCUT2D eigenvalue weighted by Crippen LogP contribution is -2.42. The lowest BCUT2D eigenvalue weighted by atomic mass is 9.86. The van der Waals surface area contributed by atoms with Gasteiger partial charge < -0.3 is 10.4 Å². The zero-order chi connectivity index (χ0) is 17.7. The largest absolute Gasteiger partial charge is 0.375 e. The average Bonchev–Trinajstić information content (AvgIpc) is 2.65. The lowest BCUT2D eigenvalue weighted by molar-refractivity contribution is -0.135. The Morgan fingerprint density at radius 3 is 2.04 bits per heavy atom. The molecular formula is C21H18FNO2. The molecule has 0 aromatic heterocycles. The Labute approximate surface area is 145 Å². The van der Waals surface area contributed by atoms with E-state index < -0.39 is 11.5 Å². The number of aliphatic hydroxyl groups is 1. The van der Waals surface area contributed by atoms with Gasteiger partial charge in [-0.3, -0.25) is 4.79 Å². The summed E-state index contributed by atoms with van der Waals surface area (Å²) in [7, 11) is 0. The Morgan fingerprint density at radius 1 is 0.880 bits per heavy atom. The molecule has 2 N–H and O–H groups in total. The van der Waals surface area contributed by atoms with Crippen molar-refractivity contribution in [1.82, 2.24) is 0 Å². The molecule has 1 amide bonds. The van der Waals surface area contributed by atoms with Crippen molar-refractivity contribution in [3.05, 3.63) is 102 Å². The molecule has 0 unspecified atom stereocenters. The van der Waals surface area contributed by atoms with Gasteiger partial charge in [-0.1, -0.05) is 60.7 Å². The average molecular weight is 335 g/mol. The van der Waals surface area contributed by atoms with Crippen molar-refractivity contribution in [2.45, 2.75) is 12.0 Å². The maximum absolute atomic E-state index is 13.1. The molecule has 0 spiro atoms. The Bertz CT molecular complexity index is 835. The molecule has 3 rings (SSSR count). The first-order chi connectivity index (χ1) is 12.1. The molecule has 0 saturated heterocycles. The number of benzene rings is 3. The quantitative estimate of drug-likeness (QED) is 0.743. The van der Waals surface area contributed by atoms with Crippen molar-refractivity contribution in [1.29, 1.82) is 0 Å². The Kier molecular flexibility index (Phi) is 4.91. The molecule has 0 aliphatic carbocycles. The fourth-order valence-electron chi connectivity index (χ4n) is 2.68. The van der Waals surface area contributed by atoms with E-state index in [2.05, 4.69) is 5.32 Å². The molecule has 0 aliphatic rings. The number of carbonyl (C=O) groups excluding carboxylic acids is 1. The van der Waals surface area contributed by atoms with Gasteiger partial charge in [-0.25, -0.2) is 4.39 Å². The Hall–Kier alpha value is -2.98. The van der Waals surface area contributed by atoms with Crippen molar-refractivity contribution in [3.8, 4) is 0 Å². The van der Waals surface area contributed by atoms with Crippen LogP contribution in [0.2, 0.25) is 0 Å². The first kappa shape index (κ1) is 16.9. The SMILES string of the molecule is O=C(Nc1ccccc1)[C@](O)(Cc1ccc(F)cc1)c1ccccc1. The molecule has 3 aromatic rings. The van der Waals surface area contributed by atoms with Crippen LogP contribution >= 0.6 is 0 Å². The molecule has 0 saturated carbocycles. The van der Waals surface area contributed by atoms with E-state index >= 15 is 0 Å². The van der Waals surface area contributed by atoms with Gasteiger partial charge in [0, 0.05) is 12.1 Å². The molecule has 0 heterocycles. The Morgan fingerprint density at radius 2 is 1.44 bits per heavy atom. The first-order valence-electron chi connectivity index (χ1n) is 7.97. The van der Waals surface area contributed by atoms with Crippen LogP contribution in [0.3, 0.4) is 0 Å². The van der Waals surface area contributed by atoms with Crippen LogP contribution < -0.4 is 5.32 Å². The molecule has 0 radical (unpaired) electrons. The highest BCUT2D eigenvalue weighted by Crippen LogP contribution is 2.28. The number of nitrogens with one attached hydrogen (secondary N) is 1. The van der Waals surface area contributed by atoms with Crippen LogP contribution in [0.15, 0.2) is 84.9 Å². The van der Waals surface area contributed by atoms with Crippen molar-refractivity contribution in [3.63, 3.8) is 0 Å². The van der Waals surface area contributed by atoms with Gasteiger partial charge in [0.2, 0.25) is 0 Å². The number of carbonyl (C=O) groups is 1. The van der Waals surface area contributed by atoms with Crippen LogP contribution in [0.4, 0.5) is 10.1 Å². The lowest BCUT2D eigenvalue weighted by Gasteiger charge is -2.28. The predicted molar refractivity (Wildman–Crippen MR) is 95.5 cm³/mol. The van der Waals surface area contributed by atoms with Crippen molar-refractivity contribution >= 4 is 11.6 Å². The van der Waals surface area contributed by atoms with E-state index in [0.29, 0.717) is 16.8 Å². The number of anilines is 1. The minimum Gasteiger partial charge on any atom is -0.375 e. The summed E-state index contributed by atoms with van der Waals surface area (Å²) < 4.78 is 13.1. The van der Waals surface area contributed by atoms with E-state index in [1.807, 2.05) is 12.1 Å². The van der Waals surface area contributed by atoms with Crippen molar-refractivity contribution in [2.24, 2.45) is 0 Å². The summed E-state index contributed by atoms with van der Waals surface area (Å²) in [5.41, 5.74) is -0.0285. The van der Waals surface area contributed by atoms with Gasteiger partial charge in [0.05, 0.1) is 0 Å². The first-order valence-corrected chi connectivity index (χ1v) is 7.97. The van der Waals surface area contributed by atoms with Crippen molar-refractivity contribution < 1.29 is 14.3 Å². The predicted octanol–water partition coefficient (Wildman–Crippen LogP) is 3.89. The highest BCUT2D eigenvalue weighted by atomic mass is 19.1. The minimum absolute atomic E-state index is 0.0377. The third-order valence-corrected chi connectivity index (χ3v) is 4.03. The monoisotopic (exact) mass is 335 g/mol. The van der Waals surface area contributed by atoms with E-state index in [4.69, 9.17) is 0 Å². The van der Waals surface area contributed by atoms with Crippen LogP contribution in [0.25, 0.3) is 0 Å². The third kappa shape index (κ3) is 3.92. The van der Waals surface area contributed by atoms with E-state index in [-0.39, 0.29) is 12.2 Å². The standard InChI is InChI=1S/C21H18FNO2/c22-18-13-11-16(12-14-18)15-21(25,17-7-3-1-4-8-17)20(24)23-19-9-5-2-6-10-19/h1-14,25H,15H2,(H,23,24)/t21-/m0/s1. The maximum Gasteiger partial charge on any atom is 0.261 e. The van der Waals surface area contributed by atoms with E-state index in [9.17, 15) is 14.3 Å². The van der Waals surface area contributed by atoms with E-state index in [1.54, 1.807) is 60.7 Å². The summed E-state index contributed by atoms with van der Waals surface area (Å²) >= 11 is 0. The summed E-state index contributed by atoms with van der Waals surface area (Å²) in [5.74, 6) is -0.894. The fourth-order valence-corrected chi connectivity index (χ4v) is 2.68. The van der Waals surface area contributed by atoms with Crippen LogP contribution in [0.1, 0.15) is 11.1 Å². The molecule has 0 fully saturated rings. The van der Waals surface area contributed by atoms with Gasteiger partial charge in [0.1, 0.15) is 5.82 Å². The molecule has 4 heteroatoms. The second-order valence-electron chi connectivity index (χ2n) is 5.85. The molecule has 0 aliphatic heterocycles. The van der Waals surface area contributed by atoms with Crippen LogP contribution in [0, 0.1) is 5.82 Å². The molecule has 126 valence electrons. The highest BCUT2D eigenvalue weighted by molar-refractivity contribution is 5.98. The fraction of sp³-hybridized carbons (Fsp3) is 0.0952. The summed E-state index contributed by atoms with van der Waals surface area (Å²) in [6, 6.07) is 23.5. The van der Waals surface area contributed by atoms with Crippen LogP contribution in [0.5, 0.6) is 0 Å². The summed E-state index contributed by atoms with van der Waals surface area (Å²) in [6.45, 7) is 0. The maximum atomic E-state index is 13.1. The minimum atomic E-state index is -1.77. The summed E-state index contributed by atoms with van der Waals surface area (Å²) in [6.07, 6.45) is 0.0377. The normalized spacial score (nSPS) is 13.0. The summed E-state index contributed by atoms with van der Waals surface area (Å²) in [5, 5.41) is 14.0. The second-order valence-corrected chi connectivity index (χ2v) is 5.85. The molecule has 0 bridgehead atoms. The number of rotatable bonds is 5. The van der Waals surface area contributed by atoms with Gasteiger partial charge in [0.25, 0.3) is 5.91 Å². The number of amides is 1. The van der Waals surface area contributed by atoms with Gasteiger partial charge in [-0.15, -0.1) is 0 Å². The third-order valence-electron chi connectivity index (χ3n) is 4.03. The Balaban J connectivity index is 1.94. The number of hydrogen-bond acceptors (Lipinski definition) is 2. The second kappa shape index (κ2) is 7.28. The van der Waals surface area contributed by atoms with Crippen molar-refractivity contribution in [2.75, 3.05) is 5.32 Å². The topological polar surface area (TPSA) is 49.3 Å². The van der Waals surface area contributed by atoms with Gasteiger partial charge in [0.15, 0.2) is 5.60 Å². The van der Waals surface area contributed by atoms with E-state index in [0.717, 1.165) is 0 Å². The molecule has 25 heavy (non-hydrogen) atoms. The molecular weight excluding hydrogens is 317 g/mol. The zero-order valence-corrected chi connectivity index (χ0v) is 13.5. The van der Waals surface area contributed by atoms with E-state index in [1.165, 1.54) is 12.1 Å². The molecule has 3 aromatic carbocycles. The summed E-state index contributed by atoms with van der Waals surface area (Å²) in [4.78, 5) is 12.9. The van der Waals surface area contributed by atoms with Gasteiger partial charge in [-0.05, 0) is 35.4 Å². The highest BCUT2D eigenvalue weighted by Gasteiger charge is 2.38. The van der Waals surface area contributed by atoms with Crippen LogP contribution in [-0.2, 0) is 16.8 Å². The number of halogens is 1.